The standard InChI is InChI=1S/C14H18FNO3S/c15-12-4-1-10(2-5-12)11-3-6-13(7-11)16-20(17,18)14-8-19-9-14/h1-2,4-5,11,13-14,16H,3,6-9H2/t11-,13+/m1/s1. The van der Waals surface area contributed by atoms with Crippen LogP contribution in [0.15, 0.2) is 24.3 Å². The molecule has 1 aliphatic heterocycles. The highest BCUT2D eigenvalue weighted by Gasteiger charge is 2.36. The lowest BCUT2D eigenvalue weighted by molar-refractivity contribution is 0.0410. The Labute approximate surface area is 118 Å². The zero-order chi connectivity index (χ0) is 14.2. The van der Waals surface area contributed by atoms with Crippen LogP contribution in [0.1, 0.15) is 30.7 Å². The fraction of sp³-hybridized carbons (Fsp3) is 0.571. The van der Waals surface area contributed by atoms with Crippen LogP contribution in [0.3, 0.4) is 0 Å². The molecule has 1 saturated carbocycles. The number of hydrogen-bond acceptors (Lipinski definition) is 3. The summed E-state index contributed by atoms with van der Waals surface area (Å²) in [5, 5.41) is -0.396. The number of ether oxygens (including phenoxy) is 1. The van der Waals surface area contributed by atoms with Crippen molar-refractivity contribution in [3.05, 3.63) is 35.6 Å². The van der Waals surface area contributed by atoms with Crippen molar-refractivity contribution in [2.75, 3.05) is 13.2 Å². The molecule has 0 unspecified atom stereocenters. The highest BCUT2D eigenvalue weighted by Crippen LogP contribution is 2.35. The van der Waals surface area contributed by atoms with E-state index < -0.39 is 15.3 Å². The van der Waals surface area contributed by atoms with Crippen LogP contribution in [0.2, 0.25) is 0 Å². The quantitative estimate of drug-likeness (QED) is 0.922. The molecule has 2 aliphatic rings. The van der Waals surface area contributed by atoms with E-state index in [9.17, 15) is 12.8 Å². The van der Waals surface area contributed by atoms with E-state index in [0.29, 0.717) is 19.1 Å². The lowest BCUT2D eigenvalue weighted by Gasteiger charge is -2.27. The van der Waals surface area contributed by atoms with Gasteiger partial charge < -0.3 is 4.74 Å². The summed E-state index contributed by atoms with van der Waals surface area (Å²) < 4.78 is 44.7. The van der Waals surface area contributed by atoms with Crippen molar-refractivity contribution in [3.8, 4) is 0 Å². The van der Waals surface area contributed by atoms with Crippen molar-refractivity contribution >= 4 is 10.0 Å². The molecule has 0 aromatic heterocycles. The molecule has 0 radical (unpaired) electrons. The third-order valence-electron chi connectivity index (χ3n) is 4.15. The maximum Gasteiger partial charge on any atom is 0.219 e. The number of hydrogen-bond donors (Lipinski definition) is 1. The summed E-state index contributed by atoms with van der Waals surface area (Å²) in [5.74, 6) is 0.0647. The summed E-state index contributed by atoms with van der Waals surface area (Å²) in [4.78, 5) is 0. The molecule has 2 atom stereocenters. The molecule has 3 rings (SSSR count). The molecular formula is C14H18FNO3S. The molecule has 1 heterocycles. The summed E-state index contributed by atoms with van der Waals surface area (Å²) in [6, 6.07) is 6.47. The number of halogens is 1. The van der Waals surface area contributed by atoms with Gasteiger partial charge in [-0.15, -0.1) is 0 Å². The maximum atomic E-state index is 12.9. The first-order valence-electron chi connectivity index (χ1n) is 6.89. The highest BCUT2D eigenvalue weighted by atomic mass is 32.2. The first-order valence-corrected chi connectivity index (χ1v) is 8.43. The monoisotopic (exact) mass is 299 g/mol. The summed E-state index contributed by atoms with van der Waals surface area (Å²) in [5.41, 5.74) is 1.08. The van der Waals surface area contributed by atoms with Crippen LogP contribution in [0.5, 0.6) is 0 Å². The zero-order valence-corrected chi connectivity index (χ0v) is 11.9. The Balaban J connectivity index is 1.60. The fourth-order valence-corrected chi connectivity index (χ4v) is 4.27. The molecule has 1 aromatic rings. The van der Waals surface area contributed by atoms with E-state index in [1.807, 2.05) is 0 Å². The van der Waals surface area contributed by atoms with Crippen molar-refractivity contribution in [3.63, 3.8) is 0 Å². The summed E-state index contributed by atoms with van der Waals surface area (Å²) in [6.07, 6.45) is 2.53. The predicted octanol–water partition coefficient (Wildman–Crippen LogP) is 1.78. The smallest absolute Gasteiger partial charge is 0.219 e. The number of rotatable bonds is 4. The third kappa shape index (κ3) is 2.87. The van der Waals surface area contributed by atoms with Gasteiger partial charge in [-0.1, -0.05) is 12.1 Å². The molecule has 0 amide bonds. The van der Waals surface area contributed by atoms with Gasteiger partial charge in [0.1, 0.15) is 11.1 Å². The van der Waals surface area contributed by atoms with Crippen LogP contribution in [0.4, 0.5) is 4.39 Å². The average Bonchev–Trinajstić information content (AvgIpc) is 2.74. The van der Waals surface area contributed by atoms with Crippen LogP contribution in [-0.2, 0) is 14.8 Å². The van der Waals surface area contributed by atoms with Gasteiger partial charge in [0.25, 0.3) is 0 Å². The van der Waals surface area contributed by atoms with Crippen molar-refractivity contribution in [2.24, 2.45) is 0 Å². The largest absolute Gasteiger partial charge is 0.378 e. The molecular weight excluding hydrogens is 281 g/mol. The molecule has 1 aromatic carbocycles. The van der Waals surface area contributed by atoms with E-state index in [2.05, 4.69) is 4.72 Å². The Kier molecular flexibility index (Phi) is 3.79. The summed E-state index contributed by atoms with van der Waals surface area (Å²) in [6.45, 7) is 0.590. The number of sulfonamides is 1. The Bertz CT molecular complexity index is 569. The van der Waals surface area contributed by atoms with Crippen LogP contribution < -0.4 is 4.72 Å². The number of benzene rings is 1. The summed E-state index contributed by atoms with van der Waals surface area (Å²) in [7, 11) is -3.25. The predicted molar refractivity (Wildman–Crippen MR) is 73.4 cm³/mol. The molecule has 1 saturated heterocycles. The SMILES string of the molecule is O=S(=O)(N[C@H]1CC[C@@H](c2ccc(F)cc2)C1)C1COC1. The minimum atomic E-state index is -3.25. The lowest BCUT2D eigenvalue weighted by atomic mass is 9.98. The first-order chi connectivity index (χ1) is 9.54. The van der Waals surface area contributed by atoms with Gasteiger partial charge >= 0.3 is 0 Å². The molecule has 0 bridgehead atoms. The van der Waals surface area contributed by atoms with Crippen LogP contribution in [0, 0.1) is 5.82 Å². The molecule has 4 nitrogen and oxygen atoms in total. The van der Waals surface area contributed by atoms with Gasteiger partial charge in [0.15, 0.2) is 0 Å². The molecule has 0 spiro atoms. The molecule has 1 N–H and O–H groups in total. The van der Waals surface area contributed by atoms with Crippen molar-refractivity contribution in [1.82, 2.24) is 4.72 Å². The molecule has 2 fully saturated rings. The van der Waals surface area contributed by atoms with Crippen LogP contribution in [0.25, 0.3) is 0 Å². The summed E-state index contributed by atoms with van der Waals surface area (Å²) >= 11 is 0. The molecule has 6 heteroatoms. The van der Waals surface area contributed by atoms with Gasteiger partial charge in [-0.25, -0.2) is 17.5 Å². The van der Waals surface area contributed by atoms with E-state index >= 15 is 0 Å². The Morgan fingerprint density at radius 3 is 2.45 bits per heavy atom. The van der Waals surface area contributed by atoms with E-state index in [-0.39, 0.29) is 11.9 Å². The molecule has 110 valence electrons. The molecule has 20 heavy (non-hydrogen) atoms. The van der Waals surface area contributed by atoms with Gasteiger partial charge in [0.2, 0.25) is 10.0 Å². The number of nitrogens with one attached hydrogen (secondary N) is 1. The average molecular weight is 299 g/mol. The normalized spacial score (nSPS) is 27.4. The van der Waals surface area contributed by atoms with Crippen molar-refractivity contribution in [1.29, 1.82) is 0 Å². The molecule has 1 aliphatic carbocycles. The minimum absolute atomic E-state index is 0.0179. The first kappa shape index (κ1) is 14.0. The fourth-order valence-electron chi connectivity index (χ4n) is 2.85. The van der Waals surface area contributed by atoms with Crippen LogP contribution >= 0.6 is 0 Å². The minimum Gasteiger partial charge on any atom is -0.378 e. The Morgan fingerprint density at radius 2 is 1.85 bits per heavy atom. The van der Waals surface area contributed by atoms with Gasteiger partial charge in [0.05, 0.1) is 13.2 Å². The lowest BCUT2D eigenvalue weighted by Crippen LogP contribution is -2.49. The van der Waals surface area contributed by atoms with Gasteiger partial charge in [0, 0.05) is 6.04 Å². The van der Waals surface area contributed by atoms with Gasteiger partial charge in [-0.2, -0.15) is 0 Å². The van der Waals surface area contributed by atoms with E-state index in [1.54, 1.807) is 12.1 Å². The Morgan fingerprint density at radius 1 is 1.15 bits per heavy atom. The topological polar surface area (TPSA) is 55.4 Å². The van der Waals surface area contributed by atoms with Gasteiger partial charge in [-0.05, 0) is 42.9 Å². The second kappa shape index (κ2) is 5.42. The second-order valence-electron chi connectivity index (χ2n) is 5.58. The van der Waals surface area contributed by atoms with Crippen molar-refractivity contribution in [2.45, 2.75) is 36.5 Å². The Hall–Kier alpha value is -0.980. The van der Waals surface area contributed by atoms with Crippen molar-refractivity contribution < 1.29 is 17.5 Å². The van der Waals surface area contributed by atoms with Gasteiger partial charge in [-0.3, -0.25) is 0 Å². The third-order valence-corrected chi connectivity index (χ3v) is 5.96. The maximum absolute atomic E-state index is 12.9. The second-order valence-corrected chi connectivity index (χ2v) is 7.57. The van der Waals surface area contributed by atoms with E-state index in [1.165, 1.54) is 12.1 Å². The van der Waals surface area contributed by atoms with E-state index in [4.69, 9.17) is 4.74 Å². The van der Waals surface area contributed by atoms with Crippen LogP contribution in [-0.4, -0.2) is 32.9 Å². The zero-order valence-electron chi connectivity index (χ0n) is 11.1. The van der Waals surface area contributed by atoms with E-state index in [0.717, 1.165) is 24.8 Å². The highest BCUT2D eigenvalue weighted by molar-refractivity contribution is 7.90.